The van der Waals surface area contributed by atoms with Crippen molar-refractivity contribution in [3.05, 3.63) is 36.0 Å². The van der Waals surface area contributed by atoms with Crippen molar-refractivity contribution < 1.29 is 24.0 Å². The van der Waals surface area contributed by atoms with Gasteiger partial charge in [0, 0.05) is 41.4 Å². The Balaban J connectivity index is 0.000000399. The number of amides is 1. The quantitative estimate of drug-likeness (QED) is 0.415. The molecular formula is C16H22N3O5P. The van der Waals surface area contributed by atoms with E-state index < -0.39 is 7.82 Å². The van der Waals surface area contributed by atoms with Gasteiger partial charge < -0.3 is 25.0 Å². The Bertz CT molecular complexity index is 803. The van der Waals surface area contributed by atoms with Gasteiger partial charge in [-0.15, -0.1) is 0 Å². The third-order valence-corrected chi connectivity index (χ3v) is 3.99. The standard InChI is InChI=1S/C16H19N3O.H3O4P/c1-2-19-7-5-12(6-8-19)15-10-17-16-4-3-13(18-11-20)9-14(15)16;1-5(2,3)4/h3-5,9-11,17H,2,6-8H2,1H3,(H,18,20);(H3,1,2,3,4). The van der Waals surface area contributed by atoms with Crippen molar-refractivity contribution in [2.45, 2.75) is 13.3 Å². The number of fused-ring (bicyclic) bond motifs is 1. The van der Waals surface area contributed by atoms with E-state index in [1.54, 1.807) is 0 Å². The second-order valence-corrected chi connectivity index (χ2v) is 6.64. The number of rotatable bonds is 4. The van der Waals surface area contributed by atoms with Gasteiger partial charge in [0.1, 0.15) is 0 Å². The SMILES string of the molecule is CCN1CC=C(c2c[nH]c3ccc(NC=O)cc23)CC1.O=P(O)(O)O. The summed E-state index contributed by atoms with van der Waals surface area (Å²) in [6.45, 7) is 5.43. The third-order valence-electron chi connectivity index (χ3n) is 3.99. The van der Waals surface area contributed by atoms with Crippen LogP contribution in [0.4, 0.5) is 5.69 Å². The molecule has 0 atom stereocenters. The van der Waals surface area contributed by atoms with E-state index in [-0.39, 0.29) is 0 Å². The van der Waals surface area contributed by atoms with Crippen LogP contribution in [0.25, 0.3) is 16.5 Å². The predicted molar refractivity (Wildman–Crippen MR) is 97.0 cm³/mol. The van der Waals surface area contributed by atoms with E-state index in [2.05, 4.69) is 34.4 Å². The number of anilines is 1. The summed E-state index contributed by atoms with van der Waals surface area (Å²) < 4.78 is 8.88. The van der Waals surface area contributed by atoms with E-state index in [0.717, 1.165) is 37.3 Å². The molecule has 25 heavy (non-hydrogen) atoms. The lowest BCUT2D eigenvalue weighted by atomic mass is 9.98. The van der Waals surface area contributed by atoms with Gasteiger partial charge >= 0.3 is 7.82 Å². The number of likely N-dealkylation sites (N-methyl/N-ethyl adjacent to an activating group) is 1. The zero-order valence-corrected chi connectivity index (χ0v) is 14.7. The Morgan fingerprint density at radius 3 is 2.64 bits per heavy atom. The molecule has 5 N–H and O–H groups in total. The Kier molecular flexibility index (Phi) is 6.52. The van der Waals surface area contributed by atoms with Gasteiger partial charge in [-0.2, -0.15) is 0 Å². The van der Waals surface area contributed by atoms with Gasteiger partial charge in [-0.1, -0.05) is 13.0 Å². The normalized spacial score (nSPS) is 15.3. The average Bonchev–Trinajstić information content (AvgIpc) is 2.97. The van der Waals surface area contributed by atoms with Crippen LogP contribution in [0.2, 0.25) is 0 Å². The first kappa shape index (κ1) is 19.4. The Hall–Kier alpha value is -1.96. The summed E-state index contributed by atoms with van der Waals surface area (Å²) in [5.74, 6) is 0. The number of H-pyrrole nitrogens is 1. The van der Waals surface area contributed by atoms with Gasteiger partial charge in [0.2, 0.25) is 6.41 Å². The highest BCUT2D eigenvalue weighted by Crippen LogP contribution is 2.30. The molecule has 2 heterocycles. The number of hydrogen-bond donors (Lipinski definition) is 5. The molecule has 0 saturated heterocycles. The summed E-state index contributed by atoms with van der Waals surface area (Å²) in [5.41, 5.74) is 4.59. The Morgan fingerprint density at radius 1 is 1.36 bits per heavy atom. The molecule has 0 radical (unpaired) electrons. The number of carbonyl (C=O) groups is 1. The molecule has 1 aliphatic rings. The summed E-state index contributed by atoms with van der Waals surface area (Å²) in [4.78, 5) is 37.9. The van der Waals surface area contributed by atoms with Gasteiger partial charge in [0.15, 0.2) is 0 Å². The van der Waals surface area contributed by atoms with E-state index >= 15 is 0 Å². The van der Waals surface area contributed by atoms with E-state index in [1.165, 1.54) is 16.5 Å². The molecule has 9 heteroatoms. The molecule has 0 fully saturated rings. The maximum absolute atomic E-state index is 10.6. The summed E-state index contributed by atoms with van der Waals surface area (Å²) in [6.07, 6.45) is 6.18. The molecule has 1 aromatic heterocycles. The first-order chi connectivity index (χ1) is 11.8. The number of aromatic nitrogens is 1. The average molecular weight is 367 g/mol. The monoisotopic (exact) mass is 367 g/mol. The summed E-state index contributed by atoms with van der Waals surface area (Å²) >= 11 is 0. The molecule has 0 spiro atoms. The van der Waals surface area contributed by atoms with Crippen LogP contribution < -0.4 is 5.32 Å². The van der Waals surface area contributed by atoms with Crippen LogP contribution in [-0.4, -0.2) is 50.6 Å². The number of carbonyl (C=O) groups excluding carboxylic acids is 1. The zero-order chi connectivity index (χ0) is 18.4. The molecule has 8 nitrogen and oxygen atoms in total. The van der Waals surface area contributed by atoms with Crippen LogP contribution in [0.3, 0.4) is 0 Å². The molecule has 0 saturated carbocycles. The zero-order valence-electron chi connectivity index (χ0n) is 13.8. The van der Waals surface area contributed by atoms with Gasteiger partial charge in [0.25, 0.3) is 0 Å². The van der Waals surface area contributed by atoms with Crippen molar-refractivity contribution in [2.24, 2.45) is 0 Å². The van der Waals surface area contributed by atoms with Crippen LogP contribution in [0.1, 0.15) is 18.9 Å². The van der Waals surface area contributed by atoms with Crippen molar-refractivity contribution in [3.8, 4) is 0 Å². The van der Waals surface area contributed by atoms with Crippen molar-refractivity contribution in [3.63, 3.8) is 0 Å². The molecule has 0 unspecified atom stereocenters. The van der Waals surface area contributed by atoms with E-state index in [4.69, 9.17) is 19.2 Å². The summed E-state index contributed by atoms with van der Waals surface area (Å²) in [7, 11) is -4.64. The summed E-state index contributed by atoms with van der Waals surface area (Å²) in [5, 5.41) is 3.89. The number of nitrogens with zero attached hydrogens (tertiary/aromatic N) is 1. The Labute approximate surface area is 145 Å². The highest BCUT2D eigenvalue weighted by molar-refractivity contribution is 7.45. The number of phosphoric acid groups is 1. The minimum atomic E-state index is -4.64. The second-order valence-electron chi connectivity index (χ2n) is 5.61. The van der Waals surface area contributed by atoms with Crippen molar-refractivity contribution in [2.75, 3.05) is 25.0 Å². The highest BCUT2D eigenvalue weighted by atomic mass is 31.2. The topological polar surface area (TPSA) is 126 Å². The van der Waals surface area contributed by atoms with Gasteiger partial charge in [-0.05, 0) is 36.7 Å². The van der Waals surface area contributed by atoms with Crippen LogP contribution in [-0.2, 0) is 9.36 Å². The lowest BCUT2D eigenvalue weighted by Crippen LogP contribution is -2.27. The van der Waals surface area contributed by atoms with Crippen LogP contribution in [0, 0.1) is 0 Å². The molecule has 0 aliphatic carbocycles. The maximum Gasteiger partial charge on any atom is 0.466 e. The maximum atomic E-state index is 10.6. The number of aromatic amines is 1. The smallest absolute Gasteiger partial charge is 0.361 e. The van der Waals surface area contributed by atoms with E-state index in [1.807, 2.05) is 18.2 Å². The fraction of sp³-hybridized carbons (Fsp3) is 0.312. The molecule has 1 aromatic carbocycles. The first-order valence-electron chi connectivity index (χ1n) is 7.83. The molecule has 0 bridgehead atoms. The number of hydrogen-bond acceptors (Lipinski definition) is 3. The molecule has 3 rings (SSSR count). The number of benzene rings is 1. The fourth-order valence-corrected chi connectivity index (χ4v) is 2.79. The Morgan fingerprint density at radius 2 is 2.08 bits per heavy atom. The minimum absolute atomic E-state index is 0.715. The first-order valence-corrected chi connectivity index (χ1v) is 9.39. The van der Waals surface area contributed by atoms with Crippen molar-refractivity contribution in [1.82, 2.24) is 9.88 Å². The second kappa shape index (κ2) is 8.42. The minimum Gasteiger partial charge on any atom is -0.361 e. The van der Waals surface area contributed by atoms with Gasteiger partial charge in [-0.3, -0.25) is 9.69 Å². The number of nitrogens with one attached hydrogen (secondary N) is 2. The van der Waals surface area contributed by atoms with E-state index in [9.17, 15) is 4.79 Å². The molecule has 2 aromatic rings. The molecule has 1 amide bonds. The van der Waals surface area contributed by atoms with Crippen molar-refractivity contribution >= 4 is 36.4 Å². The molecule has 1 aliphatic heterocycles. The van der Waals surface area contributed by atoms with Gasteiger partial charge in [-0.25, -0.2) is 4.57 Å². The predicted octanol–water partition coefficient (Wildman–Crippen LogP) is 1.92. The van der Waals surface area contributed by atoms with Crippen molar-refractivity contribution in [1.29, 1.82) is 0 Å². The van der Waals surface area contributed by atoms with Crippen LogP contribution in [0.15, 0.2) is 30.5 Å². The molecular weight excluding hydrogens is 345 g/mol. The highest BCUT2D eigenvalue weighted by Gasteiger charge is 2.14. The van der Waals surface area contributed by atoms with Crippen LogP contribution >= 0.6 is 7.82 Å². The van der Waals surface area contributed by atoms with E-state index in [0.29, 0.717) is 6.41 Å². The lowest BCUT2D eigenvalue weighted by molar-refractivity contribution is -0.105. The fourth-order valence-electron chi connectivity index (χ4n) is 2.79. The lowest BCUT2D eigenvalue weighted by Gasteiger charge is -2.24. The largest absolute Gasteiger partial charge is 0.466 e. The van der Waals surface area contributed by atoms with Gasteiger partial charge in [0.05, 0.1) is 0 Å². The third kappa shape index (κ3) is 5.81. The summed E-state index contributed by atoms with van der Waals surface area (Å²) in [6, 6.07) is 5.94. The molecule has 136 valence electrons. The van der Waals surface area contributed by atoms with Crippen LogP contribution in [0.5, 0.6) is 0 Å².